The van der Waals surface area contributed by atoms with Crippen LogP contribution in [0.5, 0.6) is 0 Å². The van der Waals surface area contributed by atoms with Gasteiger partial charge in [-0.25, -0.2) is 0 Å². The molecule has 65 heavy (non-hydrogen) atoms. The second-order valence-corrected chi connectivity index (χ2v) is 17.2. The zero-order chi connectivity index (χ0) is 48.2. The third kappa shape index (κ3) is 18.0. The molecular weight excluding hydrogens is 866 g/mol. The summed E-state index contributed by atoms with van der Waals surface area (Å²) in [6, 6.07) is -0.923. The van der Waals surface area contributed by atoms with Gasteiger partial charge in [0, 0.05) is 51.4 Å². The predicted molar refractivity (Wildman–Crippen MR) is 224 cm³/mol. The number of rotatable bonds is 31. The van der Waals surface area contributed by atoms with Crippen LogP contribution in [0.3, 0.4) is 0 Å². The molecule has 23 nitrogen and oxygen atoms in total. The summed E-state index contributed by atoms with van der Waals surface area (Å²) in [6.07, 6.45) is -16.4. The molecule has 3 rings (SSSR count). The minimum atomic E-state index is -1.70. The van der Waals surface area contributed by atoms with Crippen molar-refractivity contribution in [3.05, 3.63) is 0 Å². The number of amides is 1. The third-order valence-corrected chi connectivity index (χ3v) is 12.2. The van der Waals surface area contributed by atoms with Crippen LogP contribution in [0.2, 0.25) is 0 Å². The van der Waals surface area contributed by atoms with Gasteiger partial charge in [-0.3, -0.25) is 24.1 Å². The molecule has 0 spiro atoms. The van der Waals surface area contributed by atoms with Crippen LogP contribution >= 0.6 is 0 Å². The second kappa shape index (κ2) is 29.6. The first-order chi connectivity index (χ1) is 30.9. The molecule has 0 radical (unpaired) electrons. The van der Waals surface area contributed by atoms with Crippen LogP contribution in [0, 0.1) is 5.92 Å². The van der Waals surface area contributed by atoms with E-state index in [0.29, 0.717) is 32.1 Å². The first-order valence-corrected chi connectivity index (χ1v) is 22.7. The Labute approximate surface area is 378 Å². The summed E-state index contributed by atoms with van der Waals surface area (Å²) < 4.78 is 28.2. The fourth-order valence-corrected chi connectivity index (χ4v) is 8.13. The highest BCUT2D eigenvalue weighted by molar-refractivity contribution is 5.99. The van der Waals surface area contributed by atoms with Gasteiger partial charge in [0.05, 0.1) is 63.7 Å². The van der Waals surface area contributed by atoms with Crippen LogP contribution in [-0.4, -0.2) is 242 Å². The highest BCUT2D eigenvalue weighted by Crippen LogP contribution is 2.28. The molecule has 0 bridgehead atoms. The Kier molecular flexibility index (Phi) is 26.0. The molecule has 13 N–H and O–H groups in total. The molecule has 0 aromatic carbocycles. The maximum absolute atomic E-state index is 14.0. The van der Waals surface area contributed by atoms with Crippen molar-refractivity contribution < 1.29 is 99.0 Å². The van der Waals surface area contributed by atoms with Crippen molar-refractivity contribution in [1.82, 2.24) is 15.5 Å². The third-order valence-electron chi connectivity index (χ3n) is 12.2. The van der Waals surface area contributed by atoms with Gasteiger partial charge >= 0.3 is 0 Å². The average molecular weight is 942 g/mol. The smallest absolute Gasteiger partial charge is 0.237 e. The molecule has 3 fully saturated rings. The summed E-state index contributed by atoms with van der Waals surface area (Å²) in [4.78, 5) is 52.1. The number of nitrogens with zero attached hydrogens (tertiary/aromatic N) is 1. The van der Waals surface area contributed by atoms with Gasteiger partial charge in [0.15, 0.2) is 18.4 Å². The minimum absolute atomic E-state index is 0.00312. The summed E-state index contributed by atoms with van der Waals surface area (Å²) in [7, 11) is 1.62. The zero-order valence-corrected chi connectivity index (χ0v) is 37.4. The van der Waals surface area contributed by atoms with Crippen molar-refractivity contribution in [2.75, 3.05) is 66.3 Å². The molecule has 23 heteroatoms. The SMILES string of the molecule is CNCC(=O)CC(=O)CCCCC(=O)CCCCC[C@@H](C(=O)NCCO[C@@H]1O[C@@H](C)[C@@H](O)[C@@H](O)[C@@H]1O)N(CCO[C@H]1O[C@H](CO)[C@@H](O)[C@H](O)[C@@H]1O)CCO[C@H]1C[C@H](CO)[C@@H](O)[C@H](O)[C@@H]1O. The Bertz CT molecular complexity index is 1370. The van der Waals surface area contributed by atoms with Gasteiger partial charge in [0.25, 0.3) is 0 Å². The second-order valence-electron chi connectivity index (χ2n) is 17.2. The fourth-order valence-electron chi connectivity index (χ4n) is 8.13. The van der Waals surface area contributed by atoms with Crippen molar-refractivity contribution >= 4 is 23.3 Å². The molecular formula is C42H75N3O20. The highest BCUT2D eigenvalue weighted by atomic mass is 16.7. The molecule has 2 heterocycles. The van der Waals surface area contributed by atoms with E-state index in [1.54, 1.807) is 11.9 Å². The molecule has 1 saturated carbocycles. The van der Waals surface area contributed by atoms with Gasteiger partial charge in [-0.2, -0.15) is 0 Å². The number of hydrogen-bond donors (Lipinski definition) is 13. The number of hydrogen-bond acceptors (Lipinski definition) is 22. The number of carbonyl (C=O) groups excluding carboxylic acids is 4. The van der Waals surface area contributed by atoms with E-state index in [-0.39, 0.29) is 102 Å². The van der Waals surface area contributed by atoms with Crippen LogP contribution < -0.4 is 10.6 Å². The van der Waals surface area contributed by atoms with Gasteiger partial charge in [0.1, 0.15) is 66.5 Å². The number of nitrogens with one attached hydrogen (secondary N) is 2. The number of unbranched alkanes of at least 4 members (excludes halogenated alkanes) is 3. The number of aliphatic hydroxyl groups is 11. The number of ether oxygens (including phenoxy) is 5. The van der Waals surface area contributed by atoms with Gasteiger partial charge in [-0.15, -0.1) is 0 Å². The van der Waals surface area contributed by atoms with Crippen molar-refractivity contribution in [2.45, 2.75) is 169 Å². The first kappa shape index (κ1) is 57.1. The number of Topliss-reactive ketones (excluding diaryl/α,β-unsaturated/α-hetero) is 3. The van der Waals surface area contributed by atoms with Crippen LogP contribution in [0.15, 0.2) is 0 Å². The van der Waals surface area contributed by atoms with Crippen LogP contribution in [0.4, 0.5) is 0 Å². The Balaban J connectivity index is 1.69. The Morgan fingerprint density at radius 2 is 1.20 bits per heavy atom. The lowest BCUT2D eigenvalue weighted by atomic mass is 9.81. The molecule has 0 unspecified atom stereocenters. The standard InChI is InChI=1S/C42H75N3O20/c1-23-31(51)35(55)38(58)41(64-23)62-15-12-44-40(60)28(11-5-3-4-8-25(48)9-6-7-10-26(49)19-27(50)20-43-2)45(13-16-61-29-18-24(21-46)32(52)36(56)33(29)53)14-17-63-42-39(59)37(57)34(54)30(22-47)65-42/h23-24,28-39,41-43,46-47,51-59H,3-22H2,1-2H3,(H,44,60)/t23-,24+,28-,29-,30+,31+,32+,33+,34+,35+,36-,37-,38-,39-,41+,42-/m0/s1. The number of likely N-dealkylation sites (N-methyl/N-ethyl adjacent to an activating group) is 1. The zero-order valence-electron chi connectivity index (χ0n) is 37.4. The molecule has 1 amide bonds. The van der Waals surface area contributed by atoms with Crippen LogP contribution in [0.25, 0.3) is 0 Å². The van der Waals surface area contributed by atoms with E-state index < -0.39 is 117 Å². The van der Waals surface area contributed by atoms with Gasteiger partial charge < -0.3 is 90.5 Å². The average Bonchev–Trinajstić information content (AvgIpc) is 3.28. The van der Waals surface area contributed by atoms with E-state index in [2.05, 4.69) is 10.6 Å². The highest BCUT2D eigenvalue weighted by Gasteiger charge is 2.45. The minimum Gasteiger partial charge on any atom is -0.396 e. The predicted octanol–water partition coefficient (Wildman–Crippen LogP) is -5.26. The molecule has 2 saturated heterocycles. The number of ketones is 3. The monoisotopic (exact) mass is 941 g/mol. The van der Waals surface area contributed by atoms with Crippen molar-refractivity contribution in [3.63, 3.8) is 0 Å². The summed E-state index contributed by atoms with van der Waals surface area (Å²) in [5.41, 5.74) is 0. The molecule has 1 aliphatic carbocycles. The fraction of sp³-hybridized carbons (Fsp3) is 0.905. The maximum Gasteiger partial charge on any atom is 0.237 e. The van der Waals surface area contributed by atoms with E-state index in [9.17, 15) is 75.3 Å². The van der Waals surface area contributed by atoms with E-state index in [4.69, 9.17) is 23.7 Å². The molecule has 378 valence electrons. The number of carbonyl (C=O) groups is 4. The molecule has 0 aromatic rings. The number of aliphatic hydroxyl groups excluding tert-OH is 11. The first-order valence-electron chi connectivity index (χ1n) is 22.7. The lowest BCUT2D eigenvalue weighted by Crippen LogP contribution is -2.59. The Hall–Kier alpha value is -2.24. The Morgan fingerprint density at radius 1 is 0.631 bits per heavy atom. The van der Waals surface area contributed by atoms with E-state index in [0.717, 1.165) is 0 Å². The summed E-state index contributed by atoms with van der Waals surface area (Å²) >= 11 is 0. The van der Waals surface area contributed by atoms with Gasteiger partial charge in [0.2, 0.25) is 5.91 Å². The van der Waals surface area contributed by atoms with Crippen molar-refractivity contribution in [2.24, 2.45) is 5.92 Å². The summed E-state index contributed by atoms with van der Waals surface area (Å²) in [5, 5.41) is 118. The maximum atomic E-state index is 14.0. The van der Waals surface area contributed by atoms with Crippen LogP contribution in [-0.2, 0) is 42.9 Å². The lowest BCUT2D eigenvalue weighted by molar-refractivity contribution is -0.301. The molecule has 3 aliphatic rings. The quantitative estimate of drug-likeness (QED) is 0.0228. The summed E-state index contributed by atoms with van der Waals surface area (Å²) in [6.45, 7) is -0.209. The van der Waals surface area contributed by atoms with E-state index >= 15 is 0 Å². The van der Waals surface area contributed by atoms with E-state index in [1.807, 2.05) is 0 Å². The van der Waals surface area contributed by atoms with Gasteiger partial charge in [-0.1, -0.05) is 12.8 Å². The molecule has 16 atom stereocenters. The summed E-state index contributed by atoms with van der Waals surface area (Å²) in [5.74, 6) is -1.62. The van der Waals surface area contributed by atoms with Gasteiger partial charge in [-0.05, 0) is 46.1 Å². The van der Waals surface area contributed by atoms with Crippen LogP contribution in [0.1, 0.15) is 77.6 Å². The normalized spacial score (nSPS) is 33.5. The Morgan fingerprint density at radius 3 is 1.83 bits per heavy atom. The largest absolute Gasteiger partial charge is 0.396 e. The molecule has 2 aliphatic heterocycles. The van der Waals surface area contributed by atoms with Crippen molar-refractivity contribution in [3.8, 4) is 0 Å². The van der Waals surface area contributed by atoms with Crippen molar-refractivity contribution in [1.29, 1.82) is 0 Å². The van der Waals surface area contributed by atoms with E-state index in [1.165, 1.54) is 6.92 Å². The molecule has 0 aromatic heterocycles. The topological polar surface area (TPSA) is 364 Å². The lowest BCUT2D eigenvalue weighted by Gasteiger charge is -2.40.